The first-order valence-electron chi connectivity index (χ1n) is 7.32. The molecule has 1 fully saturated rings. The normalized spacial score (nSPS) is 19.7. The van der Waals surface area contributed by atoms with Gasteiger partial charge in [0.1, 0.15) is 5.75 Å². The zero-order valence-electron chi connectivity index (χ0n) is 11.9. The van der Waals surface area contributed by atoms with Crippen molar-refractivity contribution in [2.45, 2.75) is 51.5 Å². The average Bonchev–Trinajstić information content (AvgIpc) is 2.41. The lowest BCUT2D eigenvalue weighted by Crippen LogP contribution is -2.35. The average molecular weight is 282 g/mol. The van der Waals surface area contributed by atoms with Crippen molar-refractivity contribution >= 4 is 11.6 Å². The molecule has 2 nitrogen and oxygen atoms in total. The number of nitrogens with one attached hydrogen (secondary N) is 1. The molecule has 1 saturated heterocycles. The smallest absolute Gasteiger partial charge is 0.137 e. The summed E-state index contributed by atoms with van der Waals surface area (Å²) in [5.41, 5.74) is 1.26. The quantitative estimate of drug-likeness (QED) is 0.865. The number of benzene rings is 1. The molecule has 2 rings (SSSR count). The van der Waals surface area contributed by atoms with E-state index in [-0.39, 0.29) is 0 Å². The maximum absolute atomic E-state index is 6.25. The molecule has 1 aliphatic heterocycles. The topological polar surface area (TPSA) is 21.3 Å². The molecule has 0 spiro atoms. The van der Waals surface area contributed by atoms with Crippen LogP contribution in [0.5, 0.6) is 5.75 Å². The van der Waals surface area contributed by atoms with Crippen molar-refractivity contribution in [3.63, 3.8) is 0 Å². The second-order valence-corrected chi connectivity index (χ2v) is 6.04. The van der Waals surface area contributed by atoms with Gasteiger partial charge in [0.05, 0.1) is 11.6 Å². The number of hydrogen-bond acceptors (Lipinski definition) is 2. The minimum atomic E-state index is 0.498. The van der Waals surface area contributed by atoms with Gasteiger partial charge in [0.25, 0.3) is 0 Å². The third kappa shape index (κ3) is 4.39. The molecular weight excluding hydrogens is 258 g/mol. The molecule has 0 amide bonds. The molecule has 1 aliphatic rings. The largest absolute Gasteiger partial charge is 0.492 e. The number of hydrogen-bond donors (Lipinski definition) is 1. The van der Waals surface area contributed by atoms with Gasteiger partial charge in [0, 0.05) is 6.04 Å². The van der Waals surface area contributed by atoms with E-state index in [0.29, 0.717) is 12.0 Å². The van der Waals surface area contributed by atoms with E-state index < -0.39 is 0 Å². The summed E-state index contributed by atoms with van der Waals surface area (Å²) < 4.78 is 5.80. The third-order valence-corrected chi connectivity index (χ3v) is 4.05. The Morgan fingerprint density at radius 1 is 1.37 bits per heavy atom. The van der Waals surface area contributed by atoms with E-state index in [0.717, 1.165) is 30.3 Å². The molecular formula is C16H24ClNO. The highest BCUT2D eigenvalue weighted by molar-refractivity contribution is 6.32. The Hall–Kier alpha value is -0.730. The monoisotopic (exact) mass is 281 g/mol. The number of piperidine rings is 1. The fourth-order valence-electron chi connectivity index (χ4n) is 2.47. The first-order chi connectivity index (χ1) is 9.16. The summed E-state index contributed by atoms with van der Waals surface area (Å²) in [4.78, 5) is 0. The molecule has 1 N–H and O–H groups in total. The summed E-state index contributed by atoms with van der Waals surface area (Å²) in [6.07, 6.45) is 4.97. The fourth-order valence-corrected chi connectivity index (χ4v) is 2.72. The minimum Gasteiger partial charge on any atom is -0.492 e. The first kappa shape index (κ1) is 14.7. The zero-order chi connectivity index (χ0) is 13.7. The van der Waals surface area contributed by atoms with Gasteiger partial charge in [-0.05, 0) is 49.4 Å². The Morgan fingerprint density at radius 2 is 2.21 bits per heavy atom. The molecule has 3 heteroatoms. The maximum atomic E-state index is 6.25. The van der Waals surface area contributed by atoms with Gasteiger partial charge in [-0.1, -0.05) is 37.9 Å². The molecule has 0 radical (unpaired) electrons. The van der Waals surface area contributed by atoms with Crippen LogP contribution in [-0.4, -0.2) is 19.2 Å². The van der Waals surface area contributed by atoms with Crippen LogP contribution >= 0.6 is 11.6 Å². The lowest BCUT2D eigenvalue weighted by atomic mass is 10.0. The second kappa shape index (κ2) is 7.16. The van der Waals surface area contributed by atoms with Crippen molar-refractivity contribution in [2.75, 3.05) is 13.2 Å². The summed E-state index contributed by atoms with van der Waals surface area (Å²) in [6.45, 7) is 6.22. The van der Waals surface area contributed by atoms with Crippen molar-refractivity contribution in [3.8, 4) is 5.75 Å². The molecule has 0 bridgehead atoms. The van der Waals surface area contributed by atoms with Gasteiger partial charge < -0.3 is 10.1 Å². The molecule has 1 heterocycles. The lowest BCUT2D eigenvalue weighted by molar-refractivity contribution is 0.268. The van der Waals surface area contributed by atoms with Gasteiger partial charge in [-0.25, -0.2) is 0 Å². The Labute approximate surface area is 121 Å². The van der Waals surface area contributed by atoms with E-state index in [1.807, 2.05) is 12.1 Å². The number of ether oxygens (including phenoxy) is 1. The van der Waals surface area contributed by atoms with E-state index >= 15 is 0 Å². The number of rotatable bonds is 5. The van der Waals surface area contributed by atoms with Crippen LogP contribution < -0.4 is 10.1 Å². The number of halogens is 1. The zero-order valence-corrected chi connectivity index (χ0v) is 12.7. The van der Waals surface area contributed by atoms with E-state index in [4.69, 9.17) is 16.3 Å². The fraction of sp³-hybridized carbons (Fsp3) is 0.625. The van der Waals surface area contributed by atoms with Crippen molar-refractivity contribution in [2.24, 2.45) is 0 Å². The minimum absolute atomic E-state index is 0.498. The van der Waals surface area contributed by atoms with Gasteiger partial charge in [-0.2, -0.15) is 0 Å². The first-order valence-corrected chi connectivity index (χ1v) is 7.70. The Balaban J connectivity index is 1.82. The summed E-state index contributed by atoms with van der Waals surface area (Å²) >= 11 is 6.25. The van der Waals surface area contributed by atoms with Crippen LogP contribution in [0.3, 0.4) is 0 Å². The van der Waals surface area contributed by atoms with Crippen LogP contribution in [0.2, 0.25) is 5.02 Å². The van der Waals surface area contributed by atoms with Crippen LogP contribution in [0.15, 0.2) is 18.2 Å². The Bertz CT molecular complexity index is 400. The van der Waals surface area contributed by atoms with Crippen molar-refractivity contribution in [1.29, 1.82) is 0 Å². The molecule has 106 valence electrons. The van der Waals surface area contributed by atoms with Crippen LogP contribution in [0.25, 0.3) is 0 Å². The van der Waals surface area contributed by atoms with Gasteiger partial charge in [-0.15, -0.1) is 0 Å². The highest BCUT2D eigenvalue weighted by atomic mass is 35.5. The standard InChI is InChI=1S/C16H24ClNO/c1-12(2)13-6-7-16(15(17)11-13)19-10-8-14-5-3-4-9-18-14/h6-7,11-12,14,18H,3-5,8-10H2,1-2H3/t14-/m1/s1. The molecule has 0 aliphatic carbocycles. The van der Waals surface area contributed by atoms with Gasteiger partial charge >= 0.3 is 0 Å². The van der Waals surface area contributed by atoms with E-state index in [9.17, 15) is 0 Å². The maximum Gasteiger partial charge on any atom is 0.137 e. The third-order valence-electron chi connectivity index (χ3n) is 3.76. The SMILES string of the molecule is CC(C)c1ccc(OCC[C@H]2CCCCN2)c(Cl)c1. The molecule has 0 unspecified atom stereocenters. The molecule has 1 atom stereocenters. The summed E-state index contributed by atoms with van der Waals surface area (Å²) in [7, 11) is 0. The van der Waals surface area contributed by atoms with E-state index in [1.54, 1.807) is 0 Å². The van der Waals surface area contributed by atoms with Crippen LogP contribution in [0.4, 0.5) is 0 Å². The molecule has 1 aromatic carbocycles. The highest BCUT2D eigenvalue weighted by Crippen LogP contribution is 2.28. The molecule has 0 saturated carbocycles. The Kier molecular flexibility index (Phi) is 5.53. The van der Waals surface area contributed by atoms with E-state index in [1.165, 1.54) is 24.8 Å². The van der Waals surface area contributed by atoms with Crippen LogP contribution in [0.1, 0.15) is 51.0 Å². The summed E-state index contributed by atoms with van der Waals surface area (Å²) in [5, 5.41) is 4.26. The van der Waals surface area contributed by atoms with Crippen molar-refractivity contribution in [1.82, 2.24) is 5.32 Å². The van der Waals surface area contributed by atoms with Crippen LogP contribution in [-0.2, 0) is 0 Å². The summed E-state index contributed by atoms with van der Waals surface area (Å²) in [6, 6.07) is 6.72. The summed E-state index contributed by atoms with van der Waals surface area (Å²) in [5.74, 6) is 1.31. The lowest BCUT2D eigenvalue weighted by Gasteiger charge is -2.23. The van der Waals surface area contributed by atoms with Gasteiger partial charge in [0.2, 0.25) is 0 Å². The highest BCUT2D eigenvalue weighted by Gasteiger charge is 2.12. The predicted octanol–water partition coefficient (Wildman–Crippen LogP) is 4.37. The molecule has 1 aromatic rings. The van der Waals surface area contributed by atoms with Crippen LogP contribution in [0, 0.1) is 0 Å². The molecule has 19 heavy (non-hydrogen) atoms. The Morgan fingerprint density at radius 3 is 2.84 bits per heavy atom. The molecule has 0 aromatic heterocycles. The van der Waals surface area contributed by atoms with Gasteiger partial charge in [0.15, 0.2) is 0 Å². The van der Waals surface area contributed by atoms with Gasteiger partial charge in [-0.3, -0.25) is 0 Å². The van der Waals surface area contributed by atoms with Crippen molar-refractivity contribution in [3.05, 3.63) is 28.8 Å². The van der Waals surface area contributed by atoms with E-state index in [2.05, 4.69) is 25.2 Å². The second-order valence-electron chi connectivity index (χ2n) is 5.63. The predicted molar refractivity (Wildman–Crippen MR) is 81.3 cm³/mol. The van der Waals surface area contributed by atoms with Crippen molar-refractivity contribution < 1.29 is 4.74 Å².